The van der Waals surface area contributed by atoms with Gasteiger partial charge in [0.05, 0.1) is 0 Å². The fourth-order valence-corrected chi connectivity index (χ4v) is 3.61. The van der Waals surface area contributed by atoms with Gasteiger partial charge >= 0.3 is 0 Å². The van der Waals surface area contributed by atoms with Gasteiger partial charge in [0.1, 0.15) is 18.0 Å². The molecule has 2 rings (SSSR count). The molecule has 1 amide bonds. The molecule has 146 valence electrons. The maximum absolute atomic E-state index is 12.2. The van der Waals surface area contributed by atoms with E-state index in [9.17, 15) is 4.79 Å². The third-order valence-corrected chi connectivity index (χ3v) is 4.78. The number of rotatable bonds is 8. The lowest BCUT2D eigenvalue weighted by Gasteiger charge is -2.34. The molecule has 5 nitrogen and oxygen atoms in total. The molecule has 0 unspecified atom stereocenters. The van der Waals surface area contributed by atoms with Crippen molar-refractivity contribution in [3.8, 4) is 5.75 Å². The Labute approximate surface area is 158 Å². The Morgan fingerprint density at radius 3 is 2.38 bits per heavy atom. The number of piperidine rings is 1. The van der Waals surface area contributed by atoms with Crippen LogP contribution in [0.25, 0.3) is 0 Å². The van der Waals surface area contributed by atoms with Crippen LogP contribution in [0.3, 0.4) is 0 Å². The van der Waals surface area contributed by atoms with Gasteiger partial charge in [-0.25, -0.2) is 0 Å². The monoisotopic (exact) mass is 362 g/mol. The normalized spacial score (nSPS) is 21.4. The number of ether oxygens (including phenoxy) is 2. The summed E-state index contributed by atoms with van der Waals surface area (Å²) >= 11 is 0. The van der Waals surface area contributed by atoms with E-state index in [1.165, 1.54) is 6.42 Å². The van der Waals surface area contributed by atoms with Crippen molar-refractivity contribution in [3.05, 3.63) is 24.3 Å². The van der Waals surface area contributed by atoms with Crippen LogP contribution in [-0.2, 0) is 9.53 Å². The zero-order valence-corrected chi connectivity index (χ0v) is 16.9. The van der Waals surface area contributed by atoms with Gasteiger partial charge in [0, 0.05) is 31.9 Å². The Kier molecular flexibility index (Phi) is 7.47. The van der Waals surface area contributed by atoms with Gasteiger partial charge in [-0.05, 0) is 63.3 Å². The first-order chi connectivity index (χ1) is 12.3. The number of nitrogens with one attached hydrogen (secondary N) is 1. The van der Waals surface area contributed by atoms with Crippen molar-refractivity contribution in [2.24, 2.45) is 11.8 Å². The molecule has 1 aromatic rings. The predicted octanol–water partition coefficient (Wildman–Crippen LogP) is 3.80. The van der Waals surface area contributed by atoms with E-state index in [1.54, 1.807) is 13.8 Å². The molecule has 1 saturated heterocycles. The highest BCUT2D eigenvalue weighted by molar-refractivity contribution is 5.96. The summed E-state index contributed by atoms with van der Waals surface area (Å²) in [6.07, 6.45) is 1.32. The van der Waals surface area contributed by atoms with Crippen LogP contribution in [0, 0.1) is 11.8 Å². The van der Waals surface area contributed by atoms with Crippen LogP contribution >= 0.6 is 0 Å². The zero-order valence-electron chi connectivity index (χ0n) is 16.9. The third kappa shape index (κ3) is 6.29. The van der Waals surface area contributed by atoms with Crippen molar-refractivity contribution in [2.45, 2.75) is 46.6 Å². The Balaban J connectivity index is 1.78. The van der Waals surface area contributed by atoms with Crippen LogP contribution in [0.5, 0.6) is 5.75 Å². The van der Waals surface area contributed by atoms with Gasteiger partial charge in [0.2, 0.25) is 0 Å². The van der Waals surface area contributed by atoms with E-state index in [-0.39, 0.29) is 5.91 Å². The summed E-state index contributed by atoms with van der Waals surface area (Å²) in [5.74, 6) is 2.21. The average Bonchev–Trinajstić information content (AvgIpc) is 2.55. The van der Waals surface area contributed by atoms with Gasteiger partial charge in [0.25, 0.3) is 5.91 Å². The summed E-state index contributed by atoms with van der Waals surface area (Å²) in [6.45, 7) is 14.5. The number of carbonyl (C=O) groups excluding carboxylic acids is 1. The molecule has 1 aliphatic heterocycles. The first-order valence-electron chi connectivity index (χ1n) is 9.70. The lowest BCUT2D eigenvalue weighted by Crippen LogP contribution is -2.40. The van der Waals surface area contributed by atoms with E-state index in [4.69, 9.17) is 9.47 Å². The largest absolute Gasteiger partial charge is 0.492 e. The van der Waals surface area contributed by atoms with Crippen LogP contribution in [0.1, 0.15) is 41.0 Å². The standard InChI is InChI=1S/C21H34N2O3/c1-6-26-21(4,5)20(24)22-18-7-9-19(10-8-18)25-12-11-23-14-16(2)13-17(3)15-23/h7-10,16-17H,6,11-15H2,1-5H3,(H,22,24)/t16-,17+. The van der Waals surface area contributed by atoms with Gasteiger partial charge < -0.3 is 14.8 Å². The number of likely N-dealkylation sites (tertiary alicyclic amines) is 1. The molecule has 0 aromatic heterocycles. The molecule has 0 saturated carbocycles. The quantitative estimate of drug-likeness (QED) is 0.764. The van der Waals surface area contributed by atoms with Gasteiger partial charge in [0.15, 0.2) is 0 Å². The highest BCUT2D eigenvalue weighted by Gasteiger charge is 2.27. The maximum atomic E-state index is 12.2. The van der Waals surface area contributed by atoms with Gasteiger partial charge in [-0.2, -0.15) is 0 Å². The summed E-state index contributed by atoms with van der Waals surface area (Å²) in [5, 5.41) is 2.88. The third-order valence-electron chi connectivity index (χ3n) is 4.78. The first kappa shape index (κ1) is 20.7. The molecule has 0 radical (unpaired) electrons. The summed E-state index contributed by atoms with van der Waals surface area (Å²) in [5.41, 5.74) is -0.0964. The van der Waals surface area contributed by atoms with Crippen LogP contribution < -0.4 is 10.1 Å². The molecule has 26 heavy (non-hydrogen) atoms. The van der Waals surface area contributed by atoms with Crippen molar-refractivity contribution in [2.75, 3.05) is 38.2 Å². The molecular formula is C21H34N2O3. The number of anilines is 1. The smallest absolute Gasteiger partial charge is 0.256 e. The number of hydrogen-bond donors (Lipinski definition) is 1. The number of hydrogen-bond acceptors (Lipinski definition) is 4. The second-order valence-corrected chi connectivity index (χ2v) is 7.98. The summed E-state index contributed by atoms with van der Waals surface area (Å²) < 4.78 is 11.3. The molecule has 1 heterocycles. The van der Waals surface area contributed by atoms with E-state index in [0.29, 0.717) is 13.2 Å². The number of amides is 1. The molecule has 0 aliphatic carbocycles. The predicted molar refractivity (Wildman–Crippen MR) is 106 cm³/mol. The SMILES string of the molecule is CCOC(C)(C)C(=O)Nc1ccc(OCCN2C[C@H](C)C[C@H](C)C2)cc1. The molecule has 0 spiro atoms. The number of benzene rings is 1. The van der Waals surface area contributed by atoms with Crippen LogP contribution in [-0.4, -0.2) is 49.3 Å². The van der Waals surface area contributed by atoms with Crippen molar-refractivity contribution >= 4 is 11.6 Å². The van der Waals surface area contributed by atoms with E-state index >= 15 is 0 Å². The Bertz CT molecular complexity index is 561. The minimum Gasteiger partial charge on any atom is -0.492 e. The van der Waals surface area contributed by atoms with Crippen LogP contribution in [0.15, 0.2) is 24.3 Å². The van der Waals surface area contributed by atoms with Crippen molar-refractivity contribution in [1.29, 1.82) is 0 Å². The minimum absolute atomic E-state index is 0.152. The topological polar surface area (TPSA) is 50.8 Å². The van der Waals surface area contributed by atoms with Gasteiger partial charge in [-0.15, -0.1) is 0 Å². The highest BCUT2D eigenvalue weighted by atomic mass is 16.5. The minimum atomic E-state index is -0.841. The lowest BCUT2D eigenvalue weighted by atomic mass is 9.92. The second kappa shape index (κ2) is 9.38. The molecule has 1 fully saturated rings. The fourth-order valence-electron chi connectivity index (χ4n) is 3.61. The van der Waals surface area contributed by atoms with Crippen molar-refractivity contribution in [1.82, 2.24) is 4.90 Å². The van der Waals surface area contributed by atoms with Crippen molar-refractivity contribution in [3.63, 3.8) is 0 Å². The zero-order chi connectivity index (χ0) is 19.2. The fraction of sp³-hybridized carbons (Fsp3) is 0.667. The summed E-state index contributed by atoms with van der Waals surface area (Å²) in [7, 11) is 0. The second-order valence-electron chi connectivity index (χ2n) is 7.98. The van der Waals surface area contributed by atoms with Crippen LogP contribution in [0.4, 0.5) is 5.69 Å². The van der Waals surface area contributed by atoms with Gasteiger partial charge in [-0.3, -0.25) is 9.69 Å². The van der Waals surface area contributed by atoms with E-state index in [1.807, 2.05) is 31.2 Å². The summed E-state index contributed by atoms with van der Waals surface area (Å²) in [4.78, 5) is 14.7. The maximum Gasteiger partial charge on any atom is 0.256 e. The number of carbonyl (C=O) groups is 1. The molecule has 5 heteroatoms. The van der Waals surface area contributed by atoms with Crippen LogP contribution in [0.2, 0.25) is 0 Å². The van der Waals surface area contributed by atoms with Crippen molar-refractivity contribution < 1.29 is 14.3 Å². The highest BCUT2D eigenvalue weighted by Crippen LogP contribution is 2.21. The molecule has 0 bridgehead atoms. The average molecular weight is 363 g/mol. The molecule has 1 aliphatic rings. The Hall–Kier alpha value is -1.59. The molecule has 1 aromatic carbocycles. The Morgan fingerprint density at radius 1 is 1.19 bits per heavy atom. The first-order valence-corrected chi connectivity index (χ1v) is 9.70. The summed E-state index contributed by atoms with van der Waals surface area (Å²) in [6, 6.07) is 7.51. The van der Waals surface area contributed by atoms with Gasteiger partial charge in [-0.1, -0.05) is 13.8 Å². The van der Waals surface area contributed by atoms with E-state index in [2.05, 4.69) is 24.1 Å². The molecule has 2 atom stereocenters. The lowest BCUT2D eigenvalue weighted by molar-refractivity contribution is -0.136. The molecular weight excluding hydrogens is 328 g/mol. The van der Waals surface area contributed by atoms with E-state index < -0.39 is 5.60 Å². The number of nitrogens with zero attached hydrogens (tertiary/aromatic N) is 1. The molecule has 1 N–H and O–H groups in total. The Morgan fingerprint density at radius 2 is 1.81 bits per heavy atom. The van der Waals surface area contributed by atoms with E-state index in [0.717, 1.165) is 42.9 Å².